The highest BCUT2D eigenvalue weighted by molar-refractivity contribution is 5.98. The largest absolute Gasteiger partial charge is 0.345 e. The van der Waals surface area contributed by atoms with Gasteiger partial charge in [-0.1, -0.05) is 35.4 Å². The summed E-state index contributed by atoms with van der Waals surface area (Å²) in [4.78, 5) is 36.1. The van der Waals surface area contributed by atoms with Crippen molar-refractivity contribution in [3.05, 3.63) is 64.2 Å². The number of carbonyl (C=O) groups is 3. The summed E-state index contributed by atoms with van der Waals surface area (Å²) in [6.45, 7) is 7.28. The molecule has 27 heavy (non-hydrogen) atoms. The van der Waals surface area contributed by atoms with E-state index in [1.165, 1.54) is 0 Å². The number of para-hydroxylation sites is 1. The molecule has 0 heterocycles. The molecule has 0 spiro atoms. The summed E-state index contributed by atoms with van der Waals surface area (Å²) in [6.07, 6.45) is 0. The van der Waals surface area contributed by atoms with E-state index in [2.05, 4.69) is 16.0 Å². The van der Waals surface area contributed by atoms with Crippen molar-refractivity contribution in [3.8, 4) is 0 Å². The predicted molar refractivity (Wildman–Crippen MR) is 106 cm³/mol. The Morgan fingerprint density at radius 1 is 0.778 bits per heavy atom. The van der Waals surface area contributed by atoms with Crippen LogP contribution in [0.2, 0.25) is 0 Å². The normalized spacial score (nSPS) is 10.2. The predicted octanol–water partition coefficient (Wildman–Crippen LogP) is 2.40. The van der Waals surface area contributed by atoms with E-state index in [0.717, 1.165) is 27.9 Å². The van der Waals surface area contributed by atoms with Crippen LogP contribution in [0.25, 0.3) is 0 Å². The second-order valence-corrected chi connectivity index (χ2v) is 6.65. The highest BCUT2D eigenvalue weighted by Crippen LogP contribution is 2.18. The summed E-state index contributed by atoms with van der Waals surface area (Å²) >= 11 is 0. The van der Waals surface area contributed by atoms with Gasteiger partial charge in [0.15, 0.2) is 0 Å². The van der Waals surface area contributed by atoms with Crippen LogP contribution in [0.3, 0.4) is 0 Å². The van der Waals surface area contributed by atoms with Gasteiger partial charge in [-0.05, 0) is 51.0 Å². The molecule has 0 radical (unpaired) electrons. The van der Waals surface area contributed by atoms with Gasteiger partial charge < -0.3 is 16.0 Å². The average molecular weight is 367 g/mol. The zero-order valence-electron chi connectivity index (χ0n) is 16.1. The van der Waals surface area contributed by atoms with Gasteiger partial charge in [-0.3, -0.25) is 14.4 Å². The number of nitrogens with one attached hydrogen (secondary N) is 3. The van der Waals surface area contributed by atoms with Crippen LogP contribution in [-0.2, 0) is 9.59 Å². The number of hydrogen-bond acceptors (Lipinski definition) is 3. The van der Waals surface area contributed by atoms with Crippen molar-refractivity contribution in [1.29, 1.82) is 0 Å². The first-order valence-electron chi connectivity index (χ1n) is 8.75. The molecule has 2 aromatic rings. The molecule has 2 aromatic carbocycles. The molecule has 6 nitrogen and oxygen atoms in total. The number of rotatable bonds is 6. The fraction of sp³-hybridized carbons (Fsp3) is 0.286. The maximum Gasteiger partial charge on any atom is 0.251 e. The lowest BCUT2D eigenvalue weighted by Gasteiger charge is -2.12. The molecular weight excluding hydrogens is 342 g/mol. The third-order valence-corrected chi connectivity index (χ3v) is 4.09. The van der Waals surface area contributed by atoms with Gasteiger partial charge in [-0.2, -0.15) is 0 Å². The lowest BCUT2D eigenvalue weighted by atomic mass is 10.1. The Kier molecular flexibility index (Phi) is 6.71. The maximum atomic E-state index is 12.1. The first kappa shape index (κ1) is 20.2. The van der Waals surface area contributed by atoms with Crippen LogP contribution in [-0.4, -0.2) is 30.8 Å². The Bertz CT molecular complexity index is 834. The highest BCUT2D eigenvalue weighted by Gasteiger charge is 2.11. The molecular formula is C21H25N3O3. The number of benzene rings is 2. The van der Waals surface area contributed by atoms with Gasteiger partial charge in [0.1, 0.15) is 0 Å². The van der Waals surface area contributed by atoms with Gasteiger partial charge in [-0.25, -0.2) is 0 Å². The van der Waals surface area contributed by atoms with E-state index in [1.54, 1.807) is 12.1 Å². The van der Waals surface area contributed by atoms with Gasteiger partial charge in [0.2, 0.25) is 11.8 Å². The number of hydrogen-bond donors (Lipinski definition) is 3. The molecule has 0 fully saturated rings. The first-order valence-corrected chi connectivity index (χ1v) is 8.75. The number of aryl methyl sites for hydroxylation is 4. The van der Waals surface area contributed by atoms with E-state index in [0.29, 0.717) is 5.56 Å². The quantitative estimate of drug-likeness (QED) is 0.733. The zero-order valence-corrected chi connectivity index (χ0v) is 16.1. The van der Waals surface area contributed by atoms with Gasteiger partial charge >= 0.3 is 0 Å². The third kappa shape index (κ3) is 5.95. The topological polar surface area (TPSA) is 87.3 Å². The van der Waals surface area contributed by atoms with Gasteiger partial charge in [0, 0.05) is 11.3 Å². The van der Waals surface area contributed by atoms with Crippen molar-refractivity contribution in [2.24, 2.45) is 0 Å². The Labute approximate surface area is 159 Å². The van der Waals surface area contributed by atoms with Crippen molar-refractivity contribution in [3.63, 3.8) is 0 Å². The van der Waals surface area contributed by atoms with Crippen molar-refractivity contribution < 1.29 is 14.4 Å². The van der Waals surface area contributed by atoms with Crippen LogP contribution in [0, 0.1) is 27.7 Å². The Balaban J connectivity index is 1.80. The second-order valence-electron chi connectivity index (χ2n) is 6.65. The summed E-state index contributed by atoms with van der Waals surface area (Å²) in [7, 11) is 0. The van der Waals surface area contributed by atoms with Crippen LogP contribution in [0.15, 0.2) is 36.4 Å². The minimum Gasteiger partial charge on any atom is -0.345 e. The molecule has 0 unspecified atom stereocenters. The third-order valence-electron chi connectivity index (χ3n) is 4.09. The van der Waals surface area contributed by atoms with Crippen LogP contribution < -0.4 is 16.0 Å². The van der Waals surface area contributed by atoms with Crippen LogP contribution in [0.4, 0.5) is 5.69 Å². The van der Waals surface area contributed by atoms with E-state index in [-0.39, 0.29) is 24.9 Å². The summed E-state index contributed by atoms with van der Waals surface area (Å²) < 4.78 is 0. The van der Waals surface area contributed by atoms with E-state index >= 15 is 0 Å². The van der Waals surface area contributed by atoms with Crippen molar-refractivity contribution in [1.82, 2.24) is 10.6 Å². The molecule has 3 amide bonds. The van der Waals surface area contributed by atoms with E-state index in [9.17, 15) is 14.4 Å². The molecule has 0 aliphatic carbocycles. The molecule has 0 aliphatic heterocycles. The van der Waals surface area contributed by atoms with E-state index in [1.807, 2.05) is 52.0 Å². The lowest BCUT2D eigenvalue weighted by Crippen LogP contribution is -2.40. The molecule has 6 heteroatoms. The molecule has 0 saturated heterocycles. The van der Waals surface area contributed by atoms with Crippen molar-refractivity contribution in [2.45, 2.75) is 27.7 Å². The van der Waals surface area contributed by atoms with Crippen LogP contribution >= 0.6 is 0 Å². The molecule has 0 atom stereocenters. The summed E-state index contributed by atoms with van der Waals surface area (Å²) in [5.74, 6) is -1.07. The van der Waals surface area contributed by atoms with Gasteiger partial charge in [0.25, 0.3) is 5.91 Å². The molecule has 0 aromatic heterocycles. The number of anilines is 1. The van der Waals surface area contributed by atoms with E-state index < -0.39 is 5.91 Å². The SMILES string of the molecule is Cc1cc(C)cc(C(=O)NCC(=O)NCC(=O)Nc2c(C)cccc2C)c1. The fourth-order valence-electron chi connectivity index (χ4n) is 2.80. The average Bonchev–Trinajstić information content (AvgIpc) is 2.60. The van der Waals surface area contributed by atoms with Gasteiger partial charge in [-0.15, -0.1) is 0 Å². The Morgan fingerprint density at radius 3 is 1.93 bits per heavy atom. The summed E-state index contributed by atoms with van der Waals surface area (Å²) in [6, 6.07) is 11.2. The Hall–Kier alpha value is -3.15. The molecule has 0 saturated carbocycles. The number of carbonyl (C=O) groups excluding carboxylic acids is 3. The van der Waals surface area contributed by atoms with Crippen LogP contribution in [0.5, 0.6) is 0 Å². The zero-order chi connectivity index (χ0) is 20.0. The molecule has 142 valence electrons. The lowest BCUT2D eigenvalue weighted by molar-refractivity contribution is -0.123. The fourth-order valence-corrected chi connectivity index (χ4v) is 2.80. The minimum absolute atomic E-state index is 0.161. The monoisotopic (exact) mass is 367 g/mol. The van der Waals surface area contributed by atoms with Gasteiger partial charge in [0.05, 0.1) is 13.1 Å². The minimum atomic E-state index is -0.426. The molecule has 0 aliphatic rings. The maximum absolute atomic E-state index is 12.1. The standard InChI is InChI=1S/C21H25N3O3/c1-13-8-14(2)10-17(9-13)21(27)23-11-18(25)22-12-19(26)24-20-15(3)6-5-7-16(20)4/h5-10H,11-12H2,1-4H3,(H,22,25)(H,23,27)(H,24,26). The van der Waals surface area contributed by atoms with E-state index in [4.69, 9.17) is 0 Å². The summed E-state index contributed by atoms with van der Waals surface area (Å²) in [5, 5.41) is 7.86. The smallest absolute Gasteiger partial charge is 0.251 e. The van der Waals surface area contributed by atoms with Crippen molar-refractivity contribution >= 4 is 23.4 Å². The number of amides is 3. The molecule has 0 bridgehead atoms. The molecule has 2 rings (SSSR count). The highest BCUT2D eigenvalue weighted by atomic mass is 16.2. The summed E-state index contributed by atoms with van der Waals surface area (Å²) in [5.41, 5.74) is 5.12. The molecule has 3 N–H and O–H groups in total. The second kappa shape index (κ2) is 8.98. The van der Waals surface area contributed by atoms with Crippen LogP contribution in [0.1, 0.15) is 32.6 Å². The first-order chi connectivity index (χ1) is 12.8. The van der Waals surface area contributed by atoms with Crippen molar-refractivity contribution in [2.75, 3.05) is 18.4 Å². The Morgan fingerprint density at radius 2 is 1.33 bits per heavy atom.